The van der Waals surface area contributed by atoms with Crippen molar-refractivity contribution >= 4 is 10.0 Å². The molecule has 1 saturated carbocycles. The number of hydrogen-bond donors (Lipinski definition) is 2. The third-order valence-corrected chi connectivity index (χ3v) is 5.59. The van der Waals surface area contributed by atoms with Crippen molar-refractivity contribution in [3.63, 3.8) is 0 Å². The zero-order chi connectivity index (χ0) is 14.9. The van der Waals surface area contributed by atoms with Gasteiger partial charge in [0.1, 0.15) is 4.90 Å². The van der Waals surface area contributed by atoms with Gasteiger partial charge in [0, 0.05) is 37.9 Å². The van der Waals surface area contributed by atoms with Crippen LogP contribution in [0.15, 0.2) is 17.3 Å². The molecule has 3 rings (SSSR count). The van der Waals surface area contributed by atoms with Crippen molar-refractivity contribution < 1.29 is 8.42 Å². The molecule has 118 valence electrons. The Balaban J connectivity index is 1.59. The Labute approximate surface area is 125 Å². The molecule has 1 unspecified atom stereocenters. The van der Waals surface area contributed by atoms with E-state index in [2.05, 4.69) is 14.7 Å². The number of nitrogens with zero attached hydrogens (tertiary/aromatic N) is 3. The van der Waals surface area contributed by atoms with Crippen LogP contribution in [0.3, 0.4) is 0 Å². The summed E-state index contributed by atoms with van der Waals surface area (Å²) in [6, 6.07) is 0.710. The smallest absolute Gasteiger partial charge is 0.243 e. The number of nitrogens with one attached hydrogen (secondary N) is 1. The molecule has 3 N–H and O–H groups in total. The summed E-state index contributed by atoms with van der Waals surface area (Å²) in [7, 11) is -3.47. The SMILES string of the molecule is NCCCn1cc(S(=O)(=O)NC2CCN(C3CC3)C2)cn1. The Bertz CT molecular complexity index is 581. The van der Waals surface area contributed by atoms with Crippen LogP contribution in [0.1, 0.15) is 25.7 Å². The molecule has 1 aliphatic carbocycles. The molecule has 0 spiro atoms. The second-order valence-corrected chi connectivity index (χ2v) is 7.63. The van der Waals surface area contributed by atoms with Crippen molar-refractivity contribution in [2.75, 3.05) is 19.6 Å². The van der Waals surface area contributed by atoms with E-state index in [9.17, 15) is 8.42 Å². The highest BCUT2D eigenvalue weighted by atomic mass is 32.2. The fraction of sp³-hybridized carbons (Fsp3) is 0.769. The topological polar surface area (TPSA) is 93.2 Å². The number of aromatic nitrogens is 2. The zero-order valence-corrected chi connectivity index (χ0v) is 12.9. The number of sulfonamides is 1. The molecule has 0 amide bonds. The Kier molecular flexibility index (Phi) is 4.30. The molecule has 0 bridgehead atoms. The molecule has 1 atom stereocenters. The van der Waals surface area contributed by atoms with E-state index in [1.807, 2.05) is 0 Å². The summed E-state index contributed by atoms with van der Waals surface area (Å²) in [5.74, 6) is 0. The number of likely N-dealkylation sites (tertiary alicyclic amines) is 1. The van der Waals surface area contributed by atoms with Gasteiger partial charge < -0.3 is 5.73 Å². The van der Waals surface area contributed by atoms with E-state index in [0.29, 0.717) is 19.1 Å². The molecule has 0 radical (unpaired) electrons. The van der Waals surface area contributed by atoms with Gasteiger partial charge in [-0.1, -0.05) is 0 Å². The molecule has 2 heterocycles. The molecule has 8 heteroatoms. The van der Waals surface area contributed by atoms with Gasteiger partial charge in [0.05, 0.1) is 6.20 Å². The van der Waals surface area contributed by atoms with Crippen LogP contribution < -0.4 is 10.5 Å². The van der Waals surface area contributed by atoms with Crippen molar-refractivity contribution in [2.45, 2.75) is 49.2 Å². The molecule has 1 aromatic heterocycles. The van der Waals surface area contributed by atoms with Crippen LogP contribution in [-0.2, 0) is 16.6 Å². The first-order valence-electron chi connectivity index (χ1n) is 7.57. The quantitative estimate of drug-likeness (QED) is 0.724. The second kappa shape index (κ2) is 6.04. The van der Waals surface area contributed by atoms with Crippen LogP contribution in [0.5, 0.6) is 0 Å². The van der Waals surface area contributed by atoms with Crippen LogP contribution in [0.2, 0.25) is 0 Å². The van der Waals surface area contributed by atoms with Crippen LogP contribution >= 0.6 is 0 Å². The highest BCUT2D eigenvalue weighted by Gasteiger charge is 2.35. The van der Waals surface area contributed by atoms with Crippen LogP contribution in [0.25, 0.3) is 0 Å². The van der Waals surface area contributed by atoms with Crippen molar-refractivity contribution in [3.8, 4) is 0 Å². The van der Waals surface area contributed by atoms with Gasteiger partial charge in [-0.2, -0.15) is 5.10 Å². The lowest BCUT2D eigenvalue weighted by molar-refractivity contribution is 0.322. The predicted molar refractivity (Wildman–Crippen MR) is 79.2 cm³/mol. The zero-order valence-electron chi connectivity index (χ0n) is 12.1. The van der Waals surface area contributed by atoms with Gasteiger partial charge >= 0.3 is 0 Å². The lowest BCUT2D eigenvalue weighted by Gasteiger charge is -2.15. The average Bonchev–Trinajstić information content (AvgIpc) is 3.00. The maximum Gasteiger partial charge on any atom is 0.243 e. The van der Waals surface area contributed by atoms with E-state index < -0.39 is 10.0 Å². The van der Waals surface area contributed by atoms with Gasteiger partial charge in [-0.05, 0) is 32.2 Å². The van der Waals surface area contributed by atoms with Gasteiger partial charge in [-0.3, -0.25) is 9.58 Å². The van der Waals surface area contributed by atoms with Crippen LogP contribution in [0.4, 0.5) is 0 Å². The average molecular weight is 313 g/mol. The summed E-state index contributed by atoms with van der Waals surface area (Å²) in [5, 5.41) is 4.08. The maximum atomic E-state index is 12.4. The third-order valence-electron chi connectivity index (χ3n) is 4.12. The maximum absolute atomic E-state index is 12.4. The number of aryl methyl sites for hydroxylation is 1. The van der Waals surface area contributed by atoms with Gasteiger partial charge in [0.2, 0.25) is 10.0 Å². The largest absolute Gasteiger partial charge is 0.330 e. The third kappa shape index (κ3) is 3.63. The lowest BCUT2D eigenvalue weighted by Crippen LogP contribution is -2.37. The van der Waals surface area contributed by atoms with E-state index in [1.54, 1.807) is 10.9 Å². The van der Waals surface area contributed by atoms with Gasteiger partial charge in [-0.25, -0.2) is 13.1 Å². The first-order valence-corrected chi connectivity index (χ1v) is 9.06. The number of rotatable bonds is 7. The Morgan fingerprint density at radius 2 is 2.19 bits per heavy atom. The molecular weight excluding hydrogens is 290 g/mol. The number of hydrogen-bond acceptors (Lipinski definition) is 5. The van der Waals surface area contributed by atoms with Crippen LogP contribution in [0, 0.1) is 0 Å². The second-order valence-electron chi connectivity index (χ2n) is 5.91. The summed E-state index contributed by atoms with van der Waals surface area (Å²) >= 11 is 0. The van der Waals surface area contributed by atoms with Crippen molar-refractivity contribution in [2.24, 2.45) is 5.73 Å². The van der Waals surface area contributed by atoms with E-state index in [1.165, 1.54) is 19.0 Å². The molecule has 1 aromatic rings. The summed E-state index contributed by atoms with van der Waals surface area (Å²) in [6.07, 6.45) is 7.17. The van der Waals surface area contributed by atoms with E-state index in [-0.39, 0.29) is 10.9 Å². The molecule has 1 aliphatic heterocycles. The molecule has 21 heavy (non-hydrogen) atoms. The normalized spacial score (nSPS) is 23.8. The Morgan fingerprint density at radius 1 is 1.38 bits per heavy atom. The monoisotopic (exact) mass is 313 g/mol. The van der Waals surface area contributed by atoms with Gasteiger partial charge in [-0.15, -0.1) is 0 Å². The molecule has 2 fully saturated rings. The highest BCUT2D eigenvalue weighted by Crippen LogP contribution is 2.30. The van der Waals surface area contributed by atoms with Gasteiger partial charge in [0.15, 0.2) is 0 Å². The summed E-state index contributed by atoms with van der Waals surface area (Å²) in [6.45, 7) is 3.03. The van der Waals surface area contributed by atoms with Crippen molar-refractivity contribution in [3.05, 3.63) is 12.4 Å². The predicted octanol–water partition coefficient (Wildman–Crippen LogP) is -0.253. The highest BCUT2D eigenvalue weighted by molar-refractivity contribution is 7.89. The minimum absolute atomic E-state index is 0.0167. The minimum atomic E-state index is -3.47. The molecule has 1 saturated heterocycles. The van der Waals surface area contributed by atoms with Crippen molar-refractivity contribution in [1.29, 1.82) is 0 Å². The Hall–Kier alpha value is -0.960. The van der Waals surface area contributed by atoms with Crippen LogP contribution in [-0.4, -0.2) is 54.8 Å². The lowest BCUT2D eigenvalue weighted by atomic mass is 10.3. The first kappa shape index (κ1) is 15.0. The minimum Gasteiger partial charge on any atom is -0.330 e. The molecule has 7 nitrogen and oxygen atoms in total. The molecule has 2 aliphatic rings. The fourth-order valence-corrected chi connectivity index (χ4v) is 4.01. The molecule has 0 aromatic carbocycles. The standard InChI is InChI=1S/C13H23N5O2S/c14-5-1-6-18-10-13(8-15-18)21(19,20)16-11-4-7-17(9-11)12-2-3-12/h8,10-12,16H,1-7,9,14H2. The first-order chi connectivity index (χ1) is 10.1. The van der Waals surface area contributed by atoms with E-state index in [0.717, 1.165) is 25.9 Å². The van der Waals surface area contributed by atoms with Crippen molar-refractivity contribution in [1.82, 2.24) is 19.4 Å². The van der Waals surface area contributed by atoms with E-state index >= 15 is 0 Å². The Morgan fingerprint density at radius 3 is 2.90 bits per heavy atom. The summed E-state index contributed by atoms with van der Waals surface area (Å²) in [5.41, 5.74) is 5.44. The fourth-order valence-electron chi connectivity index (χ4n) is 2.80. The summed E-state index contributed by atoms with van der Waals surface area (Å²) in [4.78, 5) is 2.63. The van der Waals surface area contributed by atoms with Gasteiger partial charge in [0.25, 0.3) is 0 Å². The summed E-state index contributed by atoms with van der Waals surface area (Å²) < 4.78 is 29.2. The number of nitrogens with two attached hydrogens (primary N) is 1. The molecular formula is C13H23N5O2S. The van der Waals surface area contributed by atoms with E-state index in [4.69, 9.17) is 5.73 Å².